The Morgan fingerprint density at radius 1 is 1.26 bits per heavy atom. The van der Waals surface area contributed by atoms with E-state index in [2.05, 4.69) is 10.3 Å². The van der Waals surface area contributed by atoms with Gasteiger partial charge in [0.1, 0.15) is 23.0 Å². The quantitative estimate of drug-likeness (QED) is 0.773. The van der Waals surface area contributed by atoms with E-state index in [1.54, 1.807) is 26.6 Å². The van der Waals surface area contributed by atoms with E-state index < -0.39 is 5.60 Å². The lowest BCUT2D eigenvalue weighted by molar-refractivity contribution is -0.0409. The molecule has 1 aromatic heterocycles. The predicted octanol–water partition coefficient (Wildman–Crippen LogP) is 2.70. The van der Waals surface area contributed by atoms with Gasteiger partial charge in [0.25, 0.3) is 0 Å². The number of hydrogen-bond acceptors (Lipinski definition) is 7. The van der Waals surface area contributed by atoms with Crippen LogP contribution in [0.1, 0.15) is 20.8 Å². The molecule has 4 rings (SSSR count). The summed E-state index contributed by atoms with van der Waals surface area (Å²) < 4.78 is 18.2. The molecule has 1 unspecified atom stereocenters. The molecule has 2 aromatic rings. The Labute approximate surface area is 185 Å². The van der Waals surface area contributed by atoms with Crippen molar-refractivity contribution in [3.05, 3.63) is 23.7 Å². The van der Waals surface area contributed by atoms with Crippen molar-refractivity contribution in [1.82, 2.24) is 20.1 Å². The molecule has 2 aliphatic rings. The Morgan fingerprint density at radius 2 is 2.06 bits per heavy atom. The molecular weight excluding hydrogens is 420 g/mol. The molecule has 0 saturated carbocycles. The fraction of sp³-hybridized carbons (Fsp3) is 0.571. The molecule has 2 fully saturated rings. The maximum atomic E-state index is 12.4. The van der Waals surface area contributed by atoms with Crippen LogP contribution in [-0.4, -0.2) is 84.0 Å². The first-order valence-electron chi connectivity index (χ1n) is 10.4. The summed E-state index contributed by atoms with van der Waals surface area (Å²) in [7, 11) is 0. The lowest BCUT2D eigenvalue weighted by Gasteiger charge is -2.39. The van der Waals surface area contributed by atoms with Crippen LogP contribution in [0.2, 0.25) is 0 Å². The van der Waals surface area contributed by atoms with Crippen LogP contribution in [0.3, 0.4) is 0 Å². The molecular formula is C21H28N4O5S. The SMILES string of the molecule is CC(C)(C)OC(=O)N1CCOC(CNC(=O)N2CC(Oc3cccc4scnc34)C2)C1. The van der Waals surface area contributed by atoms with Gasteiger partial charge in [0.15, 0.2) is 0 Å². The standard InChI is InChI=1S/C21H28N4O5S/c1-21(2,3)30-20(27)24-7-8-28-14(10-24)9-22-19(26)25-11-15(12-25)29-16-5-4-6-17-18(16)23-13-31-17/h4-6,13-15H,7-12H2,1-3H3,(H,22,26). The Balaban J connectivity index is 1.19. The normalized spacial score (nSPS) is 19.8. The second-order valence-electron chi connectivity index (χ2n) is 8.71. The number of hydrogen-bond donors (Lipinski definition) is 1. The van der Waals surface area contributed by atoms with Crippen molar-refractivity contribution in [2.75, 3.05) is 39.3 Å². The first kappa shape index (κ1) is 21.6. The lowest BCUT2D eigenvalue weighted by Crippen LogP contribution is -2.60. The van der Waals surface area contributed by atoms with Gasteiger partial charge in [-0.1, -0.05) is 6.07 Å². The monoisotopic (exact) mass is 448 g/mol. The molecule has 3 heterocycles. The van der Waals surface area contributed by atoms with Gasteiger partial charge in [0.05, 0.1) is 42.6 Å². The van der Waals surface area contributed by atoms with Crippen LogP contribution < -0.4 is 10.1 Å². The summed E-state index contributed by atoms with van der Waals surface area (Å²) in [5.74, 6) is 0.752. The van der Waals surface area contributed by atoms with Gasteiger partial charge >= 0.3 is 12.1 Å². The second-order valence-corrected chi connectivity index (χ2v) is 9.59. The molecule has 0 spiro atoms. The highest BCUT2D eigenvalue weighted by Crippen LogP contribution is 2.29. The highest BCUT2D eigenvalue weighted by molar-refractivity contribution is 7.16. The molecule has 1 N–H and O–H groups in total. The number of thiazole rings is 1. The Bertz CT molecular complexity index is 937. The van der Waals surface area contributed by atoms with Crippen molar-refractivity contribution in [2.24, 2.45) is 0 Å². The molecule has 0 aliphatic carbocycles. The third-order valence-electron chi connectivity index (χ3n) is 5.02. The number of benzene rings is 1. The summed E-state index contributed by atoms with van der Waals surface area (Å²) in [6, 6.07) is 5.70. The molecule has 3 amide bonds. The summed E-state index contributed by atoms with van der Waals surface area (Å²) >= 11 is 1.57. The number of amides is 3. The zero-order valence-electron chi connectivity index (χ0n) is 18.0. The average molecular weight is 449 g/mol. The maximum absolute atomic E-state index is 12.4. The molecule has 0 radical (unpaired) electrons. The van der Waals surface area contributed by atoms with E-state index in [1.807, 2.05) is 39.0 Å². The van der Waals surface area contributed by atoms with E-state index >= 15 is 0 Å². The van der Waals surface area contributed by atoms with Crippen LogP contribution in [0, 0.1) is 0 Å². The minimum atomic E-state index is -0.541. The molecule has 10 heteroatoms. The van der Waals surface area contributed by atoms with E-state index in [-0.39, 0.29) is 24.3 Å². The van der Waals surface area contributed by atoms with Crippen LogP contribution in [0.4, 0.5) is 9.59 Å². The smallest absolute Gasteiger partial charge is 0.410 e. The van der Waals surface area contributed by atoms with Crippen molar-refractivity contribution in [2.45, 2.75) is 38.6 Å². The Kier molecular flexibility index (Phi) is 6.19. The van der Waals surface area contributed by atoms with Crippen molar-refractivity contribution < 1.29 is 23.8 Å². The summed E-state index contributed by atoms with van der Waals surface area (Å²) in [6.45, 7) is 8.16. The summed E-state index contributed by atoms with van der Waals surface area (Å²) in [5, 5.41) is 2.89. The van der Waals surface area contributed by atoms with Crippen LogP contribution in [-0.2, 0) is 9.47 Å². The molecule has 31 heavy (non-hydrogen) atoms. The van der Waals surface area contributed by atoms with E-state index in [9.17, 15) is 9.59 Å². The minimum absolute atomic E-state index is 0.0494. The number of morpholine rings is 1. The Morgan fingerprint density at radius 3 is 2.84 bits per heavy atom. The number of ether oxygens (including phenoxy) is 3. The van der Waals surface area contributed by atoms with Crippen LogP contribution in [0.15, 0.2) is 23.7 Å². The van der Waals surface area contributed by atoms with Gasteiger partial charge in [-0.2, -0.15) is 0 Å². The largest absolute Gasteiger partial charge is 0.484 e. The first-order valence-corrected chi connectivity index (χ1v) is 11.3. The average Bonchev–Trinajstić information content (AvgIpc) is 3.17. The summed E-state index contributed by atoms with van der Waals surface area (Å²) in [4.78, 5) is 32.3. The van der Waals surface area contributed by atoms with Gasteiger partial charge in [0.2, 0.25) is 0 Å². The number of aromatic nitrogens is 1. The number of rotatable bonds is 4. The first-order chi connectivity index (χ1) is 14.8. The third-order valence-corrected chi connectivity index (χ3v) is 5.82. The molecule has 9 nitrogen and oxygen atoms in total. The van der Waals surface area contributed by atoms with Crippen molar-refractivity contribution in [1.29, 1.82) is 0 Å². The van der Waals surface area contributed by atoms with E-state index in [0.717, 1.165) is 16.0 Å². The molecule has 2 aliphatic heterocycles. The van der Waals surface area contributed by atoms with Crippen LogP contribution in [0.25, 0.3) is 10.2 Å². The van der Waals surface area contributed by atoms with Crippen LogP contribution in [0.5, 0.6) is 5.75 Å². The zero-order chi connectivity index (χ0) is 22.0. The molecule has 1 aromatic carbocycles. The van der Waals surface area contributed by atoms with E-state index in [0.29, 0.717) is 39.3 Å². The molecule has 1 atom stereocenters. The number of likely N-dealkylation sites (tertiary alicyclic amines) is 1. The highest BCUT2D eigenvalue weighted by Gasteiger charge is 2.34. The lowest BCUT2D eigenvalue weighted by atomic mass is 10.2. The van der Waals surface area contributed by atoms with Crippen molar-refractivity contribution in [3.63, 3.8) is 0 Å². The fourth-order valence-electron chi connectivity index (χ4n) is 3.46. The summed E-state index contributed by atoms with van der Waals surface area (Å²) in [5.41, 5.74) is 2.12. The van der Waals surface area contributed by atoms with Crippen LogP contribution >= 0.6 is 11.3 Å². The number of nitrogens with one attached hydrogen (secondary N) is 1. The number of carbonyl (C=O) groups is 2. The number of urea groups is 1. The second kappa shape index (κ2) is 8.88. The number of fused-ring (bicyclic) bond motifs is 1. The topological polar surface area (TPSA) is 93.2 Å². The highest BCUT2D eigenvalue weighted by atomic mass is 32.1. The zero-order valence-corrected chi connectivity index (χ0v) is 18.8. The van der Waals surface area contributed by atoms with Gasteiger partial charge < -0.3 is 29.3 Å². The van der Waals surface area contributed by atoms with Crippen molar-refractivity contribution >= 4 is 33.7 Å². The van der Waals surface area contributed by atoms with Gasteiger partial charge in [-0.05, 0) is 32.9 Å². The van der Waals surface area contributed by atoms with E-state index in [1.165, 1.54) is 0 Å². The number of nitrogens with zero attached hydrogens (tertiary/aromatic N) is 3. The maximum Gasteiger partial charge on any atom is 0.410 e. The molecule has 0 bridgehead atoms. The third kappa shape index (κ3) is 5.37. The van der Waals surface area contributed by atoms with E-state index in [4.69, 9.17) is 14.2 Å². The predicted molar refractivity (Wildman–Crippen MR) is 117 cm³/mol. The Hall–Kier alpha value is -2.59. The fourth-order valence-corrected chi connectivity index (χ4v) is 4.16. The number of para-hydroxylation sites is 1. The molecule has 168 valence electrons. The minimum Gasteiger partial charge on any atom is -0.484 e. The van der Waals surface area contributed by atoms with Gasteiger partial charge in [-0.15, -0.1) is 11.3 Å². The summed E-state index contributed by atoms with van der Waals surface area (Å²) in [6.07, 6.45) is -0.669. The molecule has 2 saturated heterocycles. The van der Waals surface area contributed by atoms with Gasteiger partial charge in [-0.3, -0.25) is 0 Å². The van der Waals surface area contributed by atoms with Crippen molar-refractivity contribution in [3.8, 4) is 5.75 Å². The number of carbonyl (C=O) groups excluding carboxylic acids is 2. The van der Waals surface area contributed by atoms with Gasteiger partial charge in [-0.25, -0.2) is 14.6 Å². The van der Waals surface area contributed by atoms with Gasteiger partial charge in [0, 0.05) is 13.1 Å².